The molecule has 0 aromatic heterocycles. The molecule has 5 rings (SSSR count). The molecule has 3 aliphatic rings. The smallest absolute Gasteiger partial charge is 0.251 e. The zero-order valence-corrected chi connectivity index (χ0v) is 26.4. The number of carbonyl (C=O) groups excluding carboxylic acids is 3. The van der Waals surface area contributed by atoms with Gasteiger partial charge in [-0.1, -0.05) is 61.0 Å². The van der Waals surface area contributed by atoms with Crippen LogP contribution in [0.2, 0.25) is 5.02 Å². The quantitative estimate of drug-likeness (QED) is 0.317. The Balaban J connectivity index is 1.66. The Hall–Kier alpha value is -3.07. The van der Waals surface area contributed by atoms with Gasteiger partial charge in [-0.2, -0.15) is 0 Å². The van der Waals surface area contributed by atoms with Crippen molar-refractivity contribution in [3.8, 4) is 0 Å². The van der Waals surface area contributed by atoms with Crippen LogP contribution in [0.1, 0.15) is 44.7 Å². The molecule has 2 bridgehead atoms. The largest absolute Gasteiger partial charge is 0.394 e. The average molecular weight is 622 g/mol. The number of fused-ring (bicyclic) bond motifs is 1. The van der Waals surface area contributed by atoms with Crippen molar-refractivity contribution in [1.29, 1.82) is 0 Å². The fourth-order valence-corrected chi connectivity index (χ4v) is 9.97. The summed E-state index contributed by atoms with van der Waals surface area (Å²) in [5.41, 5.74) is 1.38. The Kier molecular flexibility index (Phi) is 9.12. The van der Waals surface area contributed by atoms with E-state index < -0.39 is 33.4 Å². The van der Waals surface area contributed by atoms with Crippen molar-refractivity contribution in [2.24, 2.45) is 11.8 Å². The van der Waals surface area contributed by atoms with Crippen molar-refractivity contribution in [3.63, 3.8) is 0 Å². The molecular weight excluding hydrogens is 582 g/mol. The van der Waals surface area contributed by atoms with E-state index in [1.165, 1.54) is 0 Å². The van der Waals surface area contributed by atoms with Crippen LogP contribution in [0.5, 0.6) is 0 Å². The van der Waals surface area contributed by atoms with Gasteiger partial charge in [-0.05, 0) is 56.0 Å². The van der Waals surface area contributed by atoms with Gasteiger partial charge in [0.05, 0.1) is 29.2 Å². The summed E-state index contributed by atoms with van der Waals surface area (Å²) in [6.07, 6.45) is 5.49. The predicted octanol–water partition coefficient (Wildman–Crippen LogP) is 5.50. The van der Waals surface area contributed by atoms with Gasteiger partial charge in [-0.15, -0.1) is 24.9 Å². The van der Waals surface area contributed by atoms with E-state index in [1.54, 1.807) is 62.9 Å². The van der Waals surface area contributed by atoms with E-state index in [9.17, 15) is 19.5 Å². The van der Waals surface area contributed by atoms with E-state index in [2.05, 4.69) is 20.1 Å². The molecule has 3 heterocycles. The van der Waals surface area contributed by atoms with E-state index in [0.717, 1.165) is 12.0 Å². The second kappa shape index (κ2) is 12.5. The number of rotatable bonds is 12. The molecule has 1 spiro atoms. The van der Waals surface area contributed by atoms with Crippen molar-refractivity contribution in [2.45, 2.75) is 54.7 Å². The van der Waals surface area contributed by atoms with Crippen LogP contribution in [0, 0.1) is 11.8 Å². The minimum atomic E-state index is -0.901. The second-order valence-electron chi connectivity index (χ2n) is 11.9. The van der Waals surface area contributed by atoms with Gasteiger partial charge in [0, 0.05) is 35.1 Å². The normalized spacial score (nSPS) is 28.0. The molecule has 228 valence electrons. The van der Waals surface area contributed by atoms with Crippen molar-refractivity contribution in [2.75, 3.05) is 31.1 Å². The van der Waals surface area contributed by atoms with Gasteiger partial charge in [-0.3, -0.25) is 14.4 Å². The number of nitrogens with zero attached hydrogens (tertiary/aromatic N) is 3. The van der Waals surface area contributed by atoms with E-state index in [0.29, 0.717) is 36.6 Å². The molecule has 2 aromatic carbocycles. The summed E-state index contributed by atoms with van der Waals surface area (Å²) in [5, 5.41) is 11.3. The molecular formula is C34H40ClN3O4S. The Morgan fingerprint density at radius 2 is 1.77 bits per heavy atom. The molecule has 3 aliphatic heterocycles. The molecule has 3 fully saturated rings. The van der Waals surface area contributed by atoms with Crippen molar-refractivity contribution in [3.05, 3.63) is 90.5 Å². The molecule has 0 aliphatic carbocycles. The summed E-state index contributed by atoms with van der Waals surface area (Å²) < 4.78 is -1.33. The van der Waals surface area contributed by atoms with Gasteiger partial charge in [0.1, 0.15) is 6.04 Å². The first-order valence-corrected chi connectivity index (χ1v) is 16.1. The van der Waals surface area contributed by atoms with Crippen molar-refractivity contribution < 1.29 is 19.5 Å². The van der Waals surface area contributed by atoms with Crippen LogP contribution < -0.4 is 4.90 Å². The molecule has 6 atom stereocenters. The molecule has 0 saturated carbocycles. The van der Waals surface area contributed by atoms with Gasteiger partial charge in [0.15, 0.2) is 0 Å². The number of likely N-dealkylation sites (tertiary alicyclic amines) is 1. The number of hydrogen-bond donors (Lipinski definition) is 1. The molecule has 0 radical (unpaired) electrons. The van der Waals surface area contributed by atoms with Crippen LogP contribution in [0.4, 0.5) is 5.69 Å². The molecule has 3 amide bonds. The third-order valence-electron chi connectivity index (χ3n) is 9.28. The average Bonchev–Trinajstić information content (AvgIpc) is 3.57. The first-order chi connectivity index (χ1) is 20.7. The van der Waals surface area contributed by atoms with Gasteiger partial charge < -0.3 is 19.8 Å². The summed E-state index contributed by atoms with van der Waals surface area (Å²) >= 11 is 7.81. The summed E-state index contributed by atoms with van der Waals surface area (Å²) in [6.45, 7) is 12.7. The van der Waals surface area contributed by atoms with Gasteiger partial charge in [0.2, 0.25) is 11.8 Å². The number of anilines is 1. The first-order valence-electron chi connectivity index (χ1n) is 14.9. The molecule has 7 nitrogen and oxygen atoms in total. The highest BCUT2D eigenvalue weighted by Crippen LogP contribution is 2.72. The Bertz CT molecular complexity index is 1390. The van der Waals surface area contributed by atoms with Gasteiger partial charge in [0.25, 0.3) is 5.91 Å². The lowest BCUT2D eigenvalue weighted by molar-refractivity contribution is -0.146. The topological polar surface area (TPSA) is 81.2 Å². The Labute approximate surface area is 263 Å². The van der Waals surface area contributed by atoms with Crippen LogP contribution in [0.15, 0.2) is 79.9 Å². The summed E-state index contributed by atoms with van der Waals surface area (Å²) in [4.78, 5) is 49.1. The van der Waals surface area contributed by atoms with Crippen LogP contribution >= 0.6 is 23.4 Å². The molecule has 43 heavy (non-hydrogen) atoms. The van der Waals surface area contributed by atoms with E-state index in [1.807, 2.05) is 37.3 Å². The maximum atomic E-state index is 14.9. The minimum Gasteiger partial charge on any atom is -0.394 e. The number of benzene rings is 2. The van der Waals surface area contributed by atoms with Crippen molar-refractivity contribution >= 4 is 46.8 Å². The third-order valence-corrected chi connectivity index (χ3v) is 11.5. The lowest BCUT2D eigenvalue weighted by Crippen LogP contribution is -2.56. The summed E-state index contributed by atoms with van der Waals surface area (Å²) in [7, 11) is 0. The second-order valence-corrected chi connectivity index (χ2v) is 14.2. The van der Waals surface area contributed by atoms with Crippen molar-refractivity contribution in [1.82, 2.24) is 9.80 Å². The van der Waals surface area contributed by atoms with Gasteiger partial charge in [-0.25, -0.2) is 0 Å². The van der Waals surface area contributed by atoms with Gasteiger partial charge >= 0.3 is 0 Å². The lowest BCUT2D eigenvalue weighted by Gasteiger charge is -2.39. The molecule has 9 heteroatoms. The van der Waals surface area contributed by atoms with E-state index in [4.69, 9.17) is 11.6 Å². The Morgan fingerprint density at radius 3 is 2.37 bits per heavy atom. The number of hydrogen-bond acceptors (Lipinski definition) is 5. The zero-order chi connectivity index (χ0) is 30.9. The third kappa shape index (κ3) is 5.21. The number of halogens is 1. The standard InChI is InChI=1S/C34H40ClN3O4S/c1-5-19-36(20-6-2)30(40)27-28-31(41)38(26(22-39)23-11-9-8-10-12-23)29(34(28)18-17-33(27,4)43-34)32(42)37(21-7-3)25-15-13-24(35)14-16-25/h5,7-16,26-29,39H,1,3,6,17-22H2,2,4H3/t26-,27+,28+,29?,33-,34?/m1/s1. The number of thioether (sulfide) groups is 1. The van der Waals surface area contributed by atoms with E-state index >= 15 is 0 Å². The number of aliphatic hydroxyl groups is 1. The Morgan fingerprint density at radius 1 is 1.09 bits per heavy atom. The number of carbonyl (C=O) groups is 3. The first kappa shape index (κ1) is 31.4. The summed E-state index contributed by atoms with van der Waals surface area (Å²) in [5.74, 6) is -1.86. The minimum absolute atomic E-state index is 0.0642. The fourth-order valence-electron chi connectivity index (χ4n) is 7.52. The molecule has 2 unspecified atom stereocenters. The zero-order valence-electron chi connectivity index (χ0n) is 24.8. The SMILES string of the molecule is C=CCN(CCC)C(=O)[C@@H]1[C@H]2C(=O)N([C@H](CO)c3ccccc3)C(C(=O)N(CC=C)c3ccc(Cl)cc3)C23CC[C@@]1(C)S3. The fraction of sp³-hybridized carbons (Fsp3) is 0.441. The molecule has 1 N–H and O–H groups in total. The van der Waals surface area contributed by atoms with Crippen LogP contribution in [0.25, 0.3) is 0 Å². The monoisotopic (exact) mass is 621 g/mol. The maximum absolute atomic E-state index is 14.9. The van der Waals surface area contributed by atoms with Crippen LogP contribution in [-0.2, 0) is 14.4 Å². The van der Waals surface area contributed by atoms with Crippen LogP contribution in [-0.4, -0.2) is 74.4 Å². The highest BCUT2D eigenvalue weighted by atomic mass is 35.5. The highest BCUT2D eigenvalue weighted by Gasteiger charge is 2.78. The van der Waals surface area contributed by atoms with E-state index in [-0.39, 0.29) is 30.9 Å². The lowest BCUT2D eigenvalue weighted by atomic mass is 9.66. The maximum Gasteiger partial charge on any atom is 0.251 e. The number of amides is 3. The summed E-state index contributed by atoms with van der Waals surface area (Å²) in [6, 6.07) is 14.7. The highest BCUT2D eigenvalue weighted by molar-refractivity contribution is 8.02. The molecule has 3 saturated heterocycles. The number of aliphatic hydroxyl groups excluding tert-OH is 1. The van der Waals surface area contributed by atoms with Crippen LogP contribution in [0.3, 0.4) is 0 Å². The predicted molar refractivity (Wildman–Crippen MR) is 173 cm³/mol. The molecule has 2 aromatic rings.